The third-order valence-electron chi connectivity index (χ3n) is 3.51. The van der Waals surface area contributed by atoms with E-state index in [0.717, 1.165) is 11.3 Å². The fraction of sp³-hybridized carbons (Fsp3) is 0.375. The number of urea groups is 1. The van der Waals surface area contributed by atoms with Crippen molar-refractivity contribution in [1.82, 2.24) is 19.8 Å². The predicted molar refractivity (Wildman–Crippen MR) is 96.0 cm³/mol. The van der Waals surface area contributed by atoms with E-state index in [1.54, 1.807) is 42.1 Å². The van der Waals surface area contributed by atoms with Crippen molar-refractivity contribution >= 4 is 21.9 Å². The number of nitrogens with one attached hydrogen (secondary N) is 3. The molecule has 0 radical (unpaired) electrons. The van der Waals surface area contributed by atoms with Gasteiger partial charge in [-0.25, -0.2) is 17.9 Å². The lowest BCUT2D eigenvalue weighted by molar-refractivity contribution is 0.252. The van der Waals surface area contributed by atoms with Crippen molar-refractivity contribution in [3.8, 4) is 0 Å². The van der Waals surface area contributed by atoms with E-state index in [4.69, 9.17) is 0 Å². The molecular weight excluding hydrogens is 342 g/mol. The first-order valence-electron chi connectivity index (χ1n) is 7.90. The van der Waals surface area contributed by atoms with Gasteiger partial charge in [0.05, 0.1) is 10.6 Å². The number of carbonyl (C=O) groups is 1. The Hall–Kier alpha value is -2.39. The lowest BCUT2D eigenvalue weighted by atomic mass is 10.2. The van der Waals surface area contributed by atoms with Gasteiger partial charge >= 0.3 is 6.03 Å². The van der Waals surface area contributed by atoms with Crippen LogP contribution in [0.4, 0.5) is 10.6 Å². The predicted octanol–water partition coefficient (Wildman–Crippen LogP) is 1.53. The smallest absolute Gasteiger partial charge is 0.320 e. The molecule has 3 N–H and O–H groups in total. The van der Waals surface area contributed by atoms with Gasteiger partial charge in [0.15, 0.2) is 0 Å². The van der Waals surface area contributed by atoms with Crippen molar-refractivity contribution in [2.24, 2.45) is 7.05 Å². The highest BCUT2D eigenvalue weighted by molar-refractivity contribution is 7.89. The molecule has 1 aromatic carbocycles. The van der Waals surface area contributed by atoms with Crippen molar-refractivity contribution in [2.75, 3.05) is 18.4 Å². The van der Waals surface area contributed by atoms with Crippen LogP contribution >= 0.6 is 0 Å². The highest BCUT2D eigenvalue weighted by Crippen LogP contribution is 2.09. The molecule has 8 nitrogen and oxygen atoms in total. The number of sulfonamides is 1. The second-order valence-corrected chi connectivity index (χ2v) is 7.51. The summed E-state index contributed by atoms with van der Waals surface area (Å²) in [5, 5.41) is 9.49. The first-order chi connectivity index (χ1) is 11.8. The topological polar surface area (TPSA) is 105 Å². The van der Waals surface area contributed by atoms with Crippen LogP contribution in [-0.4, -0.2) is 37.3 Å². The zero-order valence-electron chi connectivity index (χ0n) is 14.5. The van der Waals surface area contributed by atoms with E-state index in [1.807, 2.05) is 13.8 Å². The molecule has 25 heavy (non-hydrogen) atoms. The molecule has 0 saturated carbocycles. The Morgan fingerprint density at radius 1 is 1.16 bits per heavy atom. The number of nitrogens with zero attached hydrogens (tertiary/aromatic N) is 2. The number of hydrogen-bond donors (Lipinski definition) is 3. The highest BCUT2D eigenvalue weighted by Gasteiger charge is 2.12. The van der Waals surface area contributed by atoms with Crippen molar-refractivity contribution in [3.63, 3.8) is 0 Å². The quantitative estimate of drug-likeness (QED) is 0.647. The number of benzene rings is 1. The Kier molecular flexibility index (Phi) is 6.16. The summed E-state index contributed by atoms with van der Waals surface area (Å²) in [6.45, 7) is 4.32. The van der Waals surface area contributed by atoms with E-state index < -0.39 is 10.0 Å². The van der Waals surface area contributed by atoms with Crippen LogP contribution in [0, 0.1) is 13.8 Å². The molecule has 136 valence electrons. The Labute approximate surface area is 147 Å². The number of aryl methyl sites for hydroxylation is 3. The van der Waals surface area contributed by atoms with E-state index in [-0.39, 0.29) is 17.5 Å². The van der Waals surface area contributed by atoms with Crippen molar-refractivity contribution in [2.45, 2.75) is 25.2 Å². The number of aromatic nitrogens is 2. The van der Waals surface area contributed by atoms with Gasteiger partial charge in [-0.3, -0.25) is 10.00 Å². The van der Waals surface area contributed by atoms with Crippen molar-refractivity contribution in [3.05, 3.63) is 41.6 Å². The van der Waals surface area contributed by atoms with E-state index in [2.05, 4.69) is 20.5 Å². The minimum absolute atomic E-state index is 0.232. The van der Waals surface area contributed by atoms with E-state index >= 15 is 0 Å². The first-order valence-corrected chi connectivity index (χ1v) is 9.38. The van der Waals surface area contributed by atoms with Gasteiger partial charge in [-0.15, -0.1) is 0 Å². The summed E-state index contributed by atoms with van der Waals surface area (Å²) in [6.07, 6.45) is 0.475. The molecule has 0 aliphatic carbocycles. The van der Waals surface area contributed by atoms with Gasteiger partial charge in [0.25, 0.3) is 0 Å². The van der Waals surface area contributed by atoms with E-state index in [0.29, 0.717) is 18.8 Å². The lowest BCUT2D eigenvalue weighted by Gasteiger charge is -2.09. The Morgan fingerprint density at radius 3 is 2.44 bits per heavy atom. The maximum absolute atomic E-state index is 12.1. The average molecular weight is 365 g/mol. The molecule has 0 saturated heterocycles. The third kappa shape index (κ3) is 5.57. The van der Waals surface area contributed by atoms with E-state index in [1.165, 1.54) is 0 Å². The van der Waals surface area contributed by atoms with Gasteiger partial charge in [0.1, 0.15) is 5.82 Å². The van der Waals surface area contributed by atoms with Gasteiger partial charge < -0.3 is 5.32 Å². The summed E-state index contributed by atoms with van der Waals surface area (Å²) >= 11 is 0. The third-order valence-corrected chi connectivity index (χ3v) is 4.98. The molecule has 0 bridgehead atoms. The molecule has 1 aromatic heterocycles. The fourth-order valence-corrected chi connectivity index (χ4v) is 3.26. The normalized spacial score (nSPS) is 11.3. The molecular formula is C16H23N5O3S. The SMILES string of the molecule is Cc1ccc(S(=O)(=O)NCCCNC(=O)Nc2cc(C)nn2C)cc1. The number of rotatable bonds is 7. The molecule has 9 heteroatoms. The van der Waals surface area contributed by atoms with Crippen molar-refractivity contribution in [1.29, 1.82) is 0 Å². The molecule has 0 aliphatic heterocycles. The summed E-state index contributed by atoms with van der Waals surface area (Å²) in [5.41, 5.74) is 1.81. The zero-order valence-corrected chi connectivity index (χ0v) is 15.4. The molecule has 0 fully saturated rings. The Bertz CT molecular complexity index is 828. The van der Waals surface area contributed by atoms with Crippen LogP contribution in [0.15, 0.2) is 35.2 Å². The monoisotopic (exact) mass is 365 g/mol. The largest absolute Gasteiger partial charge is 0.338 e. The van der Waals surface area contributed by atoms with Gasteiger partial charge in [0, 0.05) is 26.2 Å². The van der Waals surface area contributed by atoms with Crippen LogP contribution in [-0.2, 0) is 17.1 Å². The molecule has 0 unspecified atom stereocenters. The maximum Gasteiger partial charge on any atom is 0.320 e. The second-order valence-electron chi connectivity index (χ2n) is 5.74. The minimum Gasteiger partial charge on any atom is -0.338 e. The summed E-state index contributed by atoms with van der Waals surface area (Å²) in [6, 6.07) is 8.04. The van der Waals surface area contributed by atoms with Gasteiger partial charge in [0.2, 0.25) is 10.0 Å². The van der Waals surface area contributed by atoms with Crippen LogP contribution in [0.1, 0.15) is 17.7 Å². The Balaban J connectivity index is 1.71. The molecule has 2 aromatic rings. The molecule has 0 atom stereocenters. The summed E-state index contributed by atoms with van der Waals surface area (Å²) in [4.78, 5) is 12.0. The molecule has 2 rings (SSSR count). The van der Waals surface area contributed by atoms with Gasteiger partial charge in [-0.1, -0.05) is 17.7 Å². The molecule has 1 heterocycles. The Morgan fingerprint density at radius 2 is 1.84 bits per heavy atom. The fourth-order valence-electron chi connectivity index (χ4n) is 2.19. The maximum atomic E-state index is 12.1. The van der Waals surface area contributed by atoms with Gasteiger partial charge in [-0.2, -0.15) is 5.10 Å². The number of hydrogen-bond acceptors (Lipinski definition) is 4. The first kappa shape index (κ1) is 18.9. The van der Waals surface area contributed by atoms with Crippen molar-refractivity contribution < 1.29 is 13.2 Å². The molecule has 0 spiro atoms. The zero-order chi connectivity index (χ0) is 18.4. The second kappa shape index (κ2) is 8.13. The van der Waals surface area contributed by atoms with Crippen LogP contribution in [0.5, 0.6) is 0 Å². The van der Waals surface area contributed by atoms with Crippen LogP contribution < -0.4 is 15.4 Å². The number of carbonyl (C=O) groups excluding carboxylic acids is 1. The average Bonchev–Trinajstić information content (AvgIpc) is 2.84. The molecule has 0 aliphatic rings. The van der Waals surface area contributed by atoms with Crippen LogP contribution in [0.2, 0.25) is 0 Å². The number of amides is 2. The number of anilines is 1. The van der Waals surface area contributed by atoms with Crippen LogP contribution in [0.25, 0.3) is 0 Å². The highest BCUT2D eigenvalue weighted by atomic mass is 32.2. The minimum atomic E-state index is -3.52. The summed E-state index contributed by atoms with van der Waals surface area (Å²) in [5.74, 6) is 0.593. The van der Waals surface area contributed by atoms with E-state index in [9.17, 15) is 13.2 Å². The van der Waals surface area contributed by atoms with Gasteiger partial charge in [-0.05, 0) is 32.4 Å². The summed E-state index contributed by atoms with van der Waals surface area (Å²) in [7, 11) is -1.78. The lowest BCUT2D eigenvalue weighted by Crippen LogP contribution is -2.33. The standard InChI is InChI=1S/C16H23N5O3S/c1-12-5-7-14(8-6-12)25(23,24)18-10-4-9-17-16(22)19-15-11-13(2)20-21(15)3/h5-8,11,18H,4,9-10H2,1-3H3,(H2,17,19,22). The van der Waals surface area contributed by atoms with Crippen LogP contribution in [0.3, 0.4) is 0 Å². The summed E-state index contributed by atoms with van der Waals surface area (Å²) < 4.78 is 28.3. The molecule has 2 amide bonds.